The number of nitrogens with two attached hydrogens (primary N) is 1. The summed E-state index contributed by atoms with van der Waals surface area (Å²) in [5.41, 5.74) is 5.73. The molecule has 0 bridgehead atoms. The Bertz CT molecular complexity index is 212. The molecule has 0 spiro atoms. The van der Waals surface area contributed by atoms with Gasteiger partial charge in [0.25, 0.3) is 0 Å². The average Bonchev–Trinajstić information content (AvgIpc) is 2.28. The van der Waals surface area contributed by atoms with Crippen LogP contribution in [0.2, 0.25) is 0 Å². The molecule has 110 valence electrons. The van der Waals surface area contributed by atoms with Crippen LogP contribution in [0.25, 0.3) is 0 Å². The van der Waals surface area contributed by atoms with Gasteiger partial charge in [-0.3, -0.25) is 4.99 Å². The first-order valence-corrected chi connectivity index (χ1v) is 6.39. The topological polar surface area (TPSA) is 62.9 Å². The van der Waals surface area contributed by atoms with E-state index in [9.17, 15) is 0 Å². The maximum Gasteiger partial charge on any atom is 0.188 e. The summed E-state index contributed by atoms with van der Waals surface area (Å²) in [6.45, 7) is 10.4. The van der Waals surface area contributed by atoms with E-state index >= 15 is 0 Å². The van der Waals surface area contributed by atoms with Crippen LogP contribution in [-0.4, -0.2) is 56.8 Å². The second-order valence-electron chi connectivity index (χ2n) is 4.32. The van der Waals surface area contributed by atoms with Gasteiger partial charge in [0, 0.05) is 38.9 Å². The molecule has 0 atom stereocenters. The molecule has 0 aromatic carbocycles. The molecule has 0 radical (unpaired) electrons. The fourth-order valence-electron chi connectivity index (χ4n) is 1.18. The maximum atomic E-state index is 5.73. The maximum absolute atomic E-state index is 5.73. The highest BCUT2D eigenvalue weighted by molar-refractivity contribution is 14.0. The van der Waals surface area contributed by atoms with Crippen molar-refractivity contribution in [3.8, 4) is 0 Å². The standard InChI is InChI=1S/C12H28N4O.HI/c1-5-17-10-6-7-14-12(13)15-8-9-16(4)11(2)3;/h11H,5-10H2,1-4H3,(H3,13,14,15);1H. The molecule has 5 nitrogen and oxygen atoms in total. The number of hydrogen-bond donors (Lipinski definition) is 2. The van der Waals surface area contributed by atoms with E-state index in [4.69, 9.17) is 10.5 Å². The Morgan fingerprint density at radius 2 is 2.11 bits per heavy atom. The summed E-state index contributed by atoms with van der Waals surface area (Å²) >= 11 is 0. The minimum atomic E-state index is 0. The predicted molar refractivity (Wildman–Crippen MR) is 88.8 cm³/mol. The van der Waals surface area contributed by atoms with Crippen LogP contribution in [0.1, 0.15) is 27.2 Å². The number of guanidine groups is 1. The van der Waals surface area contributed by atoms with E-state index in [-0.39, 0.29) is 24.0 Å². The highest BCUT2D eigenvalue weighted by Gasteiger charge is 2.01. The average molecular weight is 372 g/mol. The van der Waals surface area contributed by atoms with Crippen molar-refractivity contribution in [1.82, 2.24) is 10.2 Å². The second-order valence-corrected chi connectivity index (χ2v) is 4.32. The summed E-state index contributed by atoms with van der Waals surface area (Å²) in [5.74, 6) is 0.527. The minimum Gasteiger partial charge on any atom is -0.382 e. The lowest BCUT2D eigenvalue weighted by atomic mass is 10.3. The van der Waals surface area contributed by atoms with E-state index in [0.29, 0.717) is 12.0 Å². The Hall–Kier alpha value is -0.0800. The molecule has 0 amide bonds. The van der Waals surface area contributed by atoms with E-state index in [1.54, 1.807) is 0 Å². The fourth-order valence-corrected chi connectivity index (χ4v) is 1.18. The molecule has 6 heteroatoms. The summed E-state index contributed by atoms with van der Waals surface area (Å²) in [5, 5.41) is 3.10. The predicted octanol–water partition coefficient (Wildman–Crippen LogP) is 1.28. The van der Waals surface area contributed by atoms with Gasteiger partial charge in [0.2, 0.25) is 0 Å². The SMILES string of the molecule is CCOCCCN=C(N)NCCN(C)C(C)C.I. The van der Waals surface area contributed by atoms with Gasteiger partial charge in [-0.2, -0.15) is 0 Å². The lowest BCUT2D eigenvalue weighted by Crippen LogP contribution is -2.39. The van der Waals surface area contributed by atoms with Crippen LogP contribution >= 0.6 is 24.0 Å². The van der Waals surface area contributed by atoms with Crippen molar-refractivity contribution < 1.29 is 4.74 Å². The Balaban J connectivity index is 0. The highest BCUT2D eigenvalue weighted by Crippen LogP contribution is 1.90. The molecule has 0 saturated carbocycles. The van der Waals surface area contributed by atoms with Crippen molar-refractivity contribution >= 4 is 29.9 Å². The first kappa shape index (κ1) is 20.2. The molecule has 0 heterocycles. The Morgan fingerprint density at radius 1 is 1.44 bits per heavy atom. The number of likely N-dealkylation sites (N-methyl/N-ethyl adjacent to an activating group) is 1. The van der Waals surface area contributed by atoms with E-state index in [2.05, 4.69) is 36.1 Å². The zero-order valence-electron chi connectivity index (χ0n) is 12.1. The monoisotopic (exact) mass is 372 g/mol. The van der Waals surface area contributed by atoms with Crippen molar-refractivity contribution in [3.63, 3.8) is 0 Å². The molecule has 0 aromatic heterocycles. The number of halogens is 1. The van der Waals surface area contributed by atoms with Crippen molar-refractivity contribution in [2.24, 2.45) is 10.7 Å². The van der Waals surface area contributed by atoms with Crippen LogP contribution in [-0.2, 0) is 4.74 Å². The lowest BCUT2D eigenvalue weighted by Gasteiger charge is -2.20. The largest absolute Gasteiger partial charge is 0.382 e. The molecule has 0 aromatic rings. The second kappa shape index (κ2) is 13.4. The third-order valence-electron chi connectivity index (χ3n) is 2.59. The molecule has 0 unspecified atom stereocenters. The van der Waals surface area contributed by atoms with Crippen molar-refractivity contribution in [2.45, 2.75) is 33.2 Å². The van der Waals surface area contributed by atoms with Crippen LogP contribution in [0.4, 0.5) is 0 Å². The van der Waals surface area contributed by atoms with E-state index < -0.39 is 0 Å². The minimum absolute atomic E-state index is 0. The van der Waals surface area contributed by atoms with Crippen molar-refractivity contribution in [2.75, 3.05) is 39.9 Å². The summed E-state index contributed by atoms with van der Waals surface area (Å²) < 4.78 is 5.22. The molecule has 0 fully saturated rings. The van der Waals surface area contributed by atoms with Gasteiger partial charge >= 0.3 is 0 Å². The molecule has 0 saturated heterocycles. The first-order chi connectivity index (χ1) is 8.07. The smallest absolute Gasteiger partial charge is 0.188 e. The fraction of sp³-hybridized carbons (Fsp3) is 0.917. The third kappa shape index (κ3) is 12.4. The molecule has 0 aliphatic rings. The Kier molecular flexibility index (Phi) is 15.0. The van der Waals surface area contributed by atoms with Gasteiger partial charge in [0.15, 0.2) is 5.96 Å². The highest BCUT2D eigenvalue weighted by atomic mass is 127. The molecule has 18 heavy (non-hydrogen) atoms. The quantitative estimate of drug-likeness (QED) is 0.277. The molecular formula is C12H29IN4O. The van der Waals surface area contributed by atoms with Crippen LogP contribution in [0.3, 0.4) is 0 Å². The number of rotatable bonds is 9. The number of aliphatic imine (C=N–C) groups is 1. The van der Waals surface area contributed by atoms with Gasteiger partial charge in [0.05, 0.1) is 0 Å². The summed E-state index contributed by atoms with van der Waals surface area (Å²) in [6, 6.07) is 0.557. The zero-order valence-corrected chi connectivity index (χ0v) is 14.4. The van der Waals surface area contributed by atoms with E-state index in [0.717, 1.165) is 39.3 Å². The zero-order chi connectivity index (χ0) is 13.1. The third-order valence-corrected chi connectivity index (χ3v) is 2.59. The number of ether oxygens (including phenoxy) is 1. The Labute approximate surface area is 129 Å². The Morgan fingerprint density at radius 3 is 2.67 bits per heavy atom. The molecule has 0 aliphatic carbocycles. The van der Waals surface area contributed by atoms with Crippen LogP contribution in [0, 0.1) is 0 Å². The van der Waals surface area contributed by atoms with Gasteiger partial charge in [-0.15, -0.1) is 24.0 Å². The number of nitrogens with zero attached hydrogens (tertiary/aromatic N) is 2. The van der Waals surface area contributed by atoms with E-state index in [1.165, 1.54) is 0 Å². The van der Waals surface area contributed by atoms with Gasteiger partial charge in [-0.05, 0) is 34.2 Å². The lowest BCUT2D eigenvalue weighted by molar-refractivity contribution is 0.146. The van der Waals surface area contributed by atoms with E-state index in [1.807, 2.05) is 6.92 Å². The van der Waals surface area contributed by atoms with Gasteiger partial charge < -0.3 is 20.7 Å². The van der Waals surface area contributed by atoms with Crippen LogP contribution in [0.5, 0.6) is 0 Å². The van der Waals surface area contributed by atoms with Gasteiger partial charge in [-0.1, -0.05) is 0 Å². The van der Waals surface area contributed by atoms with Crippen molar-refractivity contribution in [3.05, 3.63) is 0 Å². The van der Waals surface area contributed by atoms with Crippen LogP contribution in [0.15, 0.2) is 4.99 Å². The molecule has 0 aliphatic heterocycles. The summed E-state index contributed by atoms with van der Waals surface area (Å²) in [6.07, 6.45) is 0.919. The molecular weight excluding hydrogens is 343 g/mol. The van der Waals surface area contributed by atoms with Crippen LogP contribution < -0.4 is 11.1 Å². The van der Waals surface area contributed by atoms with Gasteiger partial charge in [0.1, 0.15) is 0 Å². The first-order valence-electron chi connectivity index (χ1n) is 6.39. The molecule has 0 rings (SSSR count). The van der Waals surface area contributed by atoms with Gasteiger partial charge in [-0.25, -0.2) is 0 Å². The summed E-state index contributed by atoms with van der Waals surface area (Å²) in [4.78, 5) is 6.48. The number of hydrogen-bond acceptors (Lipinski definition) is 3. The number of nitrogens with one attached hydrogen (secondary N) is 1. The van der Waals surface area contributed by atoms with Crippen molar-refractivity contribution in [1.29, 1.82) is 0 Å². The normalized spacial score (nSPS) is 11.8. The molecule has 3 N–H and O–H groups in total. The summed E-state index contributed by atoms with van der Waals surface area (Å²) in [7, 11) is 2.10.